The third-order valence-electron chi connectivity index (χ3n) is 3.32. The molecule has 0 radical (unpaired) electrons. The van der Waals surface area contributed by atoms with E-state index in [1.807, 2.05) is 12.1 Å². The lowest BCUT2D eigenvalue weighted by molar-refractivity contribution is 0.0697. The van der Waals surface area contributed by atoms with Crippen molar-refractivity contribution in [3.8, 4) is 0 Å². The van der Waals surface area contributed by atoms with Crippen molar-refractivity contribution < 1.29 is 9.90 Å². The van der Waals surface area contributed by atoms with Gasteiger partial charge in [-0.2, -0.15) is 0 Å². The first-order chi connectivity index (χ1) is 8.11. The standard InChI is InChI=1S/C13H16ClNO2/c1-9-5-2-3-8-15(9)11-7-4-6-10(14)12(11)13(16)17/h4,6-7,9H,2-3,5,8H2,1H3,(H,16,17). The summed E-state index contributed by atoms with van der Waals surface area (Å²) in [7, 11) is 0. The Kier molecular flexibility index (Phi) is 3.57. The van der Waals surface area contributed by atoms with Crippen LogP contribution in [0.2, 0.25) is 5.02 Å². The predicted octanol–water partition coefficient (Wildman–Crippen LogP) is 3.42. The van der Waals surface area contributed by atoms with Crippen molar-refractivity contribution in [3.63, 3.8) is 0 Å². The molecule has 0 saturated carbocycles. The molecule has 3 nitrogen and oxygen atoms in total. The molecular weight excluding hydrogens is 238 g/mol. The number of rotatable bonds is 2. The Morgan fingerprint density at radius 1 is 1.47 bits per heavy atom. The van der Waals surface area contributed by atoms with Gasteiger partial charge in [0.1, 0.15) is 5.56 Å². The highest BCUT2D eigenvalue weighted by molar-refractivity contribution is 6.34. The highest BCUT2D eigenvalue weighted by atomic mass is 35.5. The van der Waals surface area contributed by atoms with Gasteiger partial charge in [0.15, 0.2) is 0 Å². The highest BCUT2D eigenvalue weighted by Crippen LogP contribution is 2.31. The van der Waals surface area contributed by atoms with Gasteiger partial charge in [-0.3, -0.25) is 0 Å². The number of piperidine rings is 1. The van der Waals surface area contributed by atoms with Crippen molar-refractivity contribution in [3.05, 3.63) is 28.8 Å². The molecule has 1 saturated heterocycles. The lowest BCUT2D eigenvalue weighted by Gasteiger charge is -2.36. The summed E-state index contributed by atoms with van der Waals surface area (Å²) in [5.41, 5.74) is 0.972. The van der Waals surface area contributed by atoms with Crippen molar-refractivity contribution in [2.45, 2.75) is 32.2 Å². The minimum atomic E-state index is -0.955. The molecule has 1 unspecified atom stereocenters. The summed E-state index contributed by atoms with van der Waals surface area (Å²) in [4.78, 5) is 13.4. The van der Waals surface area contributed by atoms with Crippen LogP contribution in [-0.4, -0.2) is 23.7 Å². The minimum Gasteiger partial charge on any atom is -0.478 e. The lowest BCUT2D eigenvalue weighted by atomic mass is 10.0. The van der Waals surface area contributed by atoms with Gasteiger partial charge >= 0.3 is 5.97 Å². The lowest BCUT2D eigenvalue weighted by Crippen LogP contribution is -2.38. The van der Waals surface area contributed by atoms with Gasteiger partial charge in [0.25, 0.3) is 0 Å². The molecule has 1 atom stereocenters. The van der Waals surface area contributed by atoms with Crippen LogP contribution in [0.1, 0.15) is 36.5 Å². The van der Waals surface area contributed by atoms with Gasteiger partial charge in [0.05, 0.1) is 10.7 Å². The number of anilines is 1. The van der Waals surface area contributed by atoms with E-state index in [0.29, 0.717) is 11.1 Å². The first-order valence-corrected chi connectivity index (χ1v) is 6.27. The molecule has 1 aliphatic rings. The van der Waals surface area contributed by atoms with E-state index in [0.717, 1.165) is 25.1 Å². The molecule has 0 bridgehead atoms. The highest BCUT2D eigenvalue weighted by Gasteiger charge is 2.24. The molecule has 1 fully saturated rings. The third kappa shape index (κ3) is 2.39. The maximum Gasteiger partial charge on any atom is 0.339 e. The van der Waals surface area contributed by atoms with Crippen LogP contribution in [-0.2, 0) is 0 Å². The number of halogens is 1. The second kappa shape index (κ2) is 4.96. The van der Waals surface area contributed by atoms with E-state index in [-0.39, 0.29) is 5.56 Å². The van der Waals surface area contributed by atoms with E-state index in [4.69, 9.17) is 11.6 Å². The molecule has 92 valence electrons. The Morgan fingerprint density at radius 2 is 2.24 bits per heavy atom. The monoisotopic (exact) mass is 253 g/mol. The van der Waals surface area contributed by atoms with Crippen LogP contribution in [0.5, 0.6) is 0 Å². The summed E-state index contributed by atoms with van der Waals surface area (Å²) in [6, 6.07) is 5.66. The van der Waals surface area contributed by atoms with Gasteiger partial charge in [-0.25, -0.2) is 4.79 Å². The van der Waals surface area contributed by atoms with Gasteiger partial charge in [-0.15, -0.1) is 0 Å². The van der Waals surface area contributed by atoms with Crippen LogP contribution in [0.25, 0.3) is 0 Å². The van der Waals surface area contributed by atoms with Crippen LogP contribution in [0, 0.1) is 0 Å². The van der Waals surface area contributed by atoms with Crippen molar-refractivity contribution in [1.29, 1.82) is 0 Å². The molecule has 0 spiro atoms. The van der Waals surface area contributed by atoms with Gasteiger partial charge in [0.2, 0.25) is 0 Å². The zero-order valence-electron chi connectivity index (χ0n) is 9.82. The summed E-state index contributed by atoms with van der Waals surface area (Å²) < 4.78 is 0. The minimum absolute atomic E-state index is 0.225. The molecule has 1 N–H and O–H groups in total. The molecule has 4 heteroatoms. The summed E-state index contributed by atoms with van der Waals surface area (Å²) >= 11 is 5.98. The SMILES string of the molecule is CC1CCCCN1c1cccc(Cl)c1C(=O)O. The molecule has 1 aliphatic heterocycles. The molecule has 1 aromatic rings. The Labute approximate surface area is 106 Å². The third-order valence-corrected chi connectivity index (χ3v) is 3.63. The van der Waals surface area contributed by atoms with E-state index in [1.54, 1.807) is 6.07 Å². The van der Waals surface area contributed by atoms with Crippen LogP contribution in [0.4, 0.5) is 5.69 Å². The van der Waals surface area contributed by atoms with Crippen LogP contribution >= 0.6 is 11.6 Å². The number of hydrogen-bond acceptors (Lipinski definition) is 2. The van der Waals surface area contributed by atoms with Crippen LogP contribution < -0.4 is 4.90 Å². The molecule has 0 aromatic heterocycles. The van der Waals surface area contributed by atoms with Crippen molar-refractivity contribution >= 4 is 23.3 Å². The van der Waals surface area contributed by atoms with Crippen LogP contribution in [0.3, 0.4) is 0 Å². The second-order valence-corrected chi connectivity index (χ2v) is 4.88. The van der Waals surface area contributed by atoms with Gasteiger partial charge < -0.3 is 10.0 Å². The van der Waals surface area contributed by atoms with Crippen molar-refractivity contribution in [2.24, 2.45) is 0 Å². The molecule has 1 heterocycles. The average Bonchev–Trinajstić information content (AvgIpc) is 2.28. The number of nitrogens with zero attached hydrogens (tertiary/aromatic N) is 1. The normalized spacial score (nSPS) is 20.4. The fourth-order valence-corrected chi connectivity index (χ4v) is 2.67. The number of carboxylic acid groups (broad SMARTS) is 1. The van der Waals surface area contributed by atoms with Gasteiger partial charge in [-0.05, 0) is 38.3 Å². The Hall–Kier alpha value is -1.22. The Bertz CT molecular complexity index is 433. The largest absolute Gasteiger partial charge is 0.478 e. The van der Waals surface area contributed by atoms with Gasteiger partial charge in [0, 0.05) is 12.6 Å². The van der Waals surface area contributed by atoms with Crippen LogP contribution in [0.15, 0.2) is 18.2 Å². The average molecular weight is 254 g/mol. The quantitative estimate of drug-likeness (QED) is 0.878. The zero-order chi connectivity index (χ0) is 12.4. The summed E-state index contributed by atoms with van der Waals surface area (Å²) in [5.74, 6) is -0.955. The number of aromatic carboxylic acids is 1. The molecule has 0 aliphatic carbocycles. The zero-order valence-corrected chi connectivity index (χ0v) is 10.6. The predicted molar refractivity (Wildman–Crippen MR) is 69.1 cm³/mol. The molecule has 1 aromatic carbocycles. The first-order valence-electron chi connectivity index (χ1n) is 5.89. The first kappa shape index (κ1) is 12.2. The van der Waals surface area contributed by atoms with E-state index in [1.165, 1.54) is 6.42 Å². The number of carboxylic acids is 1. The fraction of sp³-hybridized carbons (Fsp3) is 0.462. The summed E-state index contributed by atoms with van der Waals surface area (Å²) in [6.07, 6.45) is 3.42. The van der Waals surface area contributed by atoms with Crippen molar-refractivity contribution in [1.82, 2.24) is 0 Å². The van der Waals surface area contributed by atoms with Crippen molar-refractivity contribution in [2.75, 3.05) is 11.4 Å². The summed E-state index contributed by atoms with van der Waals surface area (Å²) in [5, 5.41) is 9.57. The van der Waals surface area contributed by atoms with E-state index < -0.39 is 5.97 Å². The molecule has 17 heavy (non-hydrogen) atoms. The summed E-state index contributed by atoms with van der Waals surface area (Å²) in [6.45, 7) is 3.04. The molecule has 2 rings (SSSR count). The number of benzene rings is 1. The Morgan fingerprint density at radius 3 is 2.88 bits per heavy atom. The Balaban J connectivity index is 2.43. The smallest absolute Gasteiger partial charge is 0.339 e. The van der Waals surface area contributed by atoms with E-state index in [2.05, 4.69) is 11.8 Å². The fourth-order valence-electron chi connectivity index (χ4n) is 2.42. The van der Waals surface area contributed by atoms with E-state index in [9.17, 15) is 9.90 Å². The molecular formula is C13H16ClNO2. The molecule has 0 amide bonds. The number of hydrogen-bond donors (Lipinski definition) is 1. The topological polar surface area (TPSA) is 40.5 Å². The van der Waals surface area contributed by atoms with E-state index >= 15 is 0 Å². The maximum absolute atomic E-state index is 11.3. The number of carbonyl (C=O) groups is 1. The van der Waals surface area contributed by atoms with Gasteiger partial charge in [-0.1, -0.05) is 17.7 Å². The second-order valence-electron chi connectivity index (χ2n) is 4.48. The maximum atomic E-state index is 11.3.